The summed E-state index contributed by atoms with van der Waals surface area (Å²) in [5, 5.41) is 9.75. The van der Waals surface area contributed by atoms with Gasteiger partial charge in [0.1, 0.15) is 5.75 Å². The van der Waals surface area contributed by atoms with Crippen molar-refractivity contribution >= 4 is 37.4 Å². The first-order chi connectivity index (χ1) is 20.0. The molecule has 0 saturated carbocycles. The number of hydrogen-bond donors (Lipinski definition) is 3. The van der Waals surface area contributed by atoms with Crippen molar-refractivity contribution in [2.24, 2.45) is 0 Å². The minimum Gasteiger partial charge on any atom is -0.493 e. The van der Waals surface area contributed by atoms with E-state index in [4.69, 9.17) is 9.47 Å². The van der Waals surface area contributed by atoms with Crippen LogP contribution < -0.4 is 18.9 Å². The Bertz CT molecular complexity index is 1770. The van der Waals surface area contributed by atoms with E-state index in [2.05, 4.69) is 16.4 Å². The summed E-state index contributed by atoms with van der Waals surface area (Å²) in [4.78, 5) is 11.9. The number of ether oxygens (including phenoxy) is 2. The second-order valence-electron chi connectivity index (χ2n) is 9.25. The Balaban J connectivity index is 1.50. The standard InChI is InChI=1S/C30H30N2O8S2/c1-3-4-7-21-10-15-24(16-11-21)42(37,38)32-27-19-12-22(20-26(27)30(33)34)31-41(35,36)25-17-13-23(14-18-25)40-29-9-6-5-8-28(29)39-2/h5-6,8-20,31-32H,3-4,7H2,1-2H3,(H,33,34). The molecular formula is C30H30N2O8S2. The number of methoxy groups -OCH3 is 1. The van der Waals surface area contributed by atoms with Crippen LogP contribution in [0.2, 0.25) is 0 Å². The number of carbonyl (C=O) groups is 1. The van der Waals surface area contributed by atoms with Gasteiger partial charge in [0, 0.05) is 5.69 Å². The topological polar surface area (TPSA) is 148 Å². The zero-order valence-electron chi connectivity index (χ0n) is 22.9. The van der Waals surface area contributed by atoms with Gasteiger partial charge in [-0.05, 0) is 85.1 Å². The molecule has 220 valence electrons. The number of rotatable bonds is 13. The highest BCUT2D eigenvalue weighted by atomic mass is 32.2. The van der Waals surface area contributed by atoms with Crippen LogP contribution in [0.3, 0.4) is 0 Å². The van der Waals surface area contributed by atoms with E-state index in [0.29, 0.717) is 17.2 Å². The van der Waals surface area contributed by atoms with Crippen molar-refractivity contribution in [3.63, 3.8) is 0 Å². The third-order valence-corrected chi connectivity index (χ3v) is 9.01. The van der Waals surface area contributed by atoms with Crippen LogP contribution in [0.1, 0.15) is 35.7 Å². The molecule has 0 aliphatic rings. The molecule has 0 bridgehead atoms. The number of carboxylic acid groups (broad SMARTS) is 1. The molecule has 0 aliphatic carbocycles. The SMILES string of the molecule is CCCCc1ccc(S(=O)(=O)Nc2ccc(NS(=O)(=O)c3ccc(Oc4ccccc4OC)cc3)cc2C(=O)O)cc1. The lowest BCUT2D eigenvalue weighted by atomic mass is 10.1. The van der Waals surface area contributed by atoms with Crippen molar-refractivity contribution in [2.75, 3.05) is 16.6 Å². The Morgan fingerprint density at radius 3 is 1.98 bits per heavy atom. The number of anilines is 2. The summed E-state index contributed by atoms with van der Waals surface area (Å²) in [5.74, 6) is -0.105. The maximum Gasteiger partial charge on any atom is 0.337 e. The number of benzene rings is 4. The first-order valence-corrected chi connectivity index (χ1v) is 15.9. The van der Waals surface area contributed by atoms with Gasteiger partial charge in [0.05, 0.1) is 28.2 Å². The Morgan fingerprint density at radius 2 is 1.38 bits per heavy atom. The highest BCUT2D eigenvalue weighted by molar-refractivity contribution is 7.93. The van der Waals surface area contributed by atoms with Gasteiger partial charge >= 0.3 is 5.97 Å². The van der Waals surface area contributed by atoms with Crippen LogP contribution >= 0.6 is 0 Å². The molecule has 0 spiro atoms. The fourth-order valence-corrected chi connectivity index (χ4v) is 6.15. The molecule has 0 fully saturated rings. The van der Waals surface area contributed by atoms with E-state index in [1.54, 1.807) is 36.4 Å². The van der Waals surface area contributed by atoms with Gasteiger partial charge in [-0.2, -0.15) is 0 Å². The largest absolute Gasteiger partial charge is 0.493 e. The predicted octanol–water partition coefficient (Wildman–Crippen LogP) is 6.13. The minimum absolute atomic E-state index is 0.0259. The van der Waals surface area contributed by atoms with Crippen LogP contribution in [-0.2, 0) is 26.5 Å². The van der Waals surface area contributed by atoms with Crippen LogP contribution in [0.5, 0.6) is 17.2 Å². The van der Waals surface area contributed by atoms with Crippen molar-refractivity contribution in [1.29, 1.82) is 0 Å². The number of sulfonamides is 2. The lowest BCUT2D eigenvalue weighted by Gasteiger charge is -2.14. The summed E-state index contributed by atoms with van der Waals surface area (Å²) >= 11 is 0. The molecule has 42 heavy (non-hydrogen) atoms. The molecule has 3 N–H and O–H groups in total. The van der Waals surface area contributed by atoms with Crippen LogP contribution in [0.15, 0.2) is 101 Å². The third-order valence-electron chi connectivity index (χ3n) is 6.23. The first-order valence-electron chi connectivity index (χ1n) is 13.0. The number of para-hydroxylation sites is 2. The van der Waals surface area contributed by atoms with E-state index in [0.717, 1.165) is 30.9 Å². The number of aryl methyl sites for hydroxylation is 1. The van der Waals surface area contributed by atoms with Gasteiger partial charge in [0.2, 0.25) is 0 Å². The van der Waals surface area contributed by atoms with Crippen LogP contribution in [-0.4, -0.2) is 35.0 Å². The van der Waals surface area contributed by atoms with Gasteiger partial charge in [-0.1, -0.05) is 37.6 Å². The molecule has 0 radical (unpaired) electrons. The molecule has 4 aromatic rings. The fraction of sp³-hybridized carbons (Fsp3) is 0.167. The van der Waals surface area contributed by atoms with Crippen molar-refractivity contribution < 1.29 is 36.2 Å². The molecule has 0 amide bonds. The second kappa shape index (κ2) is 13.0. The lowest BCUT2D eigenvalue weighted by Crippen LogP contribution is -2.17. The average molecular weight is 611 g/mol. The molecule has 0 aromatic heterocycles. The number of aromatic carboxylic acids is 1. The molecule has 4 rings (SSSR count). The van der Waals surface area contributed by atoms with E-state index >= 15 is 0 Å². The molecule has 4 aromatic carbocycles. The van der Waals surface area contributed by atoms with E-state index in [9.17, 15) is 26.7 Å². The first kappa shape index (κ1) is 30.4. The maximum atomic E-state index is 13.0. The molecule has 0 atom stereocenters. The normalized spacial score (nSPS) is 11.5. The van der Waals surface area contributed by atoms with Crippen LogP contribution in [0.25, 0.3) is 0 Å². The Kier molecular flexibility index (Phi) is 9.38. The predicted molar refractivity (Wildman–Crippen MR) is 160 cm³/mol. The quantitative estimate of drug-likeness (QED) is 0.164. The average Bonchev–Trinajstić information content (AvgIpc) is 2.97. The van der Waals surface area contributed by atoms with E-state index in [-0.39, 0.29) is 21.2 Å². The summed E-state index contributed by atoms with van der Waals surface area (Å²) in [5.41, 5.74) is 0.291. The molecule has 10 nitrogen and oxygen atoms in total. The van der Waals surface area contributed by atoms with Crippen molar-refractivity contribution in [2.45, 2.75) is 36.0 Å². The molecule has 0 heterocycles. The van der Waals surface area contributed by atoms with Gasteiger partial charge in [-0.15, -0.1) is 0 Å². The zero-order chi connectivity index (χ0) is 30.3. The lowest BCUT2D eigenvalue weighted by molar-refractivity contribution is 0.0698. The Labute approximate surface area is 245 Å². The smallest absolute Gasteiger partial charge is 0.337 e. The van der Waals surface area contributed by atoms with Gasteiger partial charge in [-0.3, -0.25) is 9.44 Å². The monoisotopic (exact) mass is 610 g/mol. The second-order valence-corrected chi connectivity index (χ2v) is 12.6. The summed E-state index contributed by atoms with van der Waals surface area (Å²) in [6.07, 6.45) is 2.81. The van der Waals surface area contributed by atoms with E-state index in [1.807, 2.05) is 0 Å². The molecular weight excluding hydrogens is 580 g/mol. The van der Waals surface area contributed by atoms with Crippen LogP contribution in [0, 0.1) is 0 Å². The van der Waals surface area contributed by atoms with Crippen molar-refractivity contribution in [3.05, 3.63) is 102 Å². The third kappa shape index (κ3) is 7.39. The van der Waals surface area contributed by atoms with Crippen molar-refractivity contribution in [1.82, 2.24) is 0 Å². The number of carboxylic acids is 1. The number of nitrogens with one attached hydrogen (secondary N) is 2. The number of hydrogen-bond acceptors (Lipinski definition) is 7. The molecule has 0 unspecified atom stereocenters. The summed E-state index contributed by atoms with van der Waals surface area (Å²) < 4.78 is 67.6. The van der Waals surface area contributed by atoms with Gasteiger partial charge in [0.15, 0.2) is 11.5 Å². The van der Waals surface area contributed by atoms with Crippen LogP contribution in [0.4, 0.5) is 11.4 Å². The van der Waals surface area contributed by atoms with E-state index in [1.165, 1.54) is 55.6 Å². The Morgan fingerprint density at radius 1 is 0.786 bits per heavy atom. The highest BCUT2D eigenvalue weighted by Crippen LogP contribution is 2.32. The zero-order valence-corrected chi connectivity index (χ0v) is 24.5. The molecule has 0 saturated heterocycles. The van der Waals surface area contributed by atoms with Gasteiger partial charge < -0.3 is 14.6 Å². The highest BCUT2D eigenvalue weighted by Gasteiger charge is 2.21. The summed E-state index contributed by atoms with van der Waals surface area (Å²) in [6.45, 7) is 2.07. The molecule has 12 heteroatoms. The summed E-state index contributed by atoms with van der Waals surface area (Å²) in [6, 6.07) is 22.5. The van der Waals surface area contributed by atoms with E-state index < -0.39 is 31.6 Å². The Hall–Kier alpha value is -4.55. The van der Waals surface area contributed by atoms with Gasteiger partial charge in [-0.25, -0.2) is 21.6 Å². The number of unbranched alkanes of at least 4 members (excludes halogenated alkanes) is 1. The fourth-order valence-electron chi connectivity index (χ4n) is 4.02. The molecule has 0 aliphatic heterocycles. The van der Waals surface area contributed by atoms with Gasteiger partial charge in [0.25, 0.3) is 20.0 Å². The maximum absolute atomic E-state index is 13.0. The van der Waals surface area contributed by atoms with Crippen molar-refractivity contribution in [3.8, 4) is 17.2 Å². The summed E-state index contributed by atoms with van der Waals surface area (Å²) in [7, 11) is -6.71. The minimum atomic E-state index is -4.12.